The molecular formula is C21H22ClN3O2. The molecule has 0 aliphatic carbocycles. The van der Waals surface area contributed by atoms with Crippen LogP contribution < -0.4 is 15.0 Å². The molecule has 0 atom stereocenters. The summed E-state index contributed by atoms with van der Waals surface area (Å²) in [6.07, 6.45) is 0.249. The molecule has 140 valence electrons. The molecule has 0 saturated heterocycles. The number of amides is 1. The molecular weight excluding hydrogens is 362 g/mol. The van der Waals surface area contributed by atoms with Crippen LogP contribution >= 0.6 is 11.6 Å². The van der Waals surface area contributed by atoms with Gasteiger partial charge < -0.3 is 15.0 Å². The number of rotatable bonds is 6. The van der Waals surface area contributed by atoms with E-state index in [1.54, 1.807) is 7.11 Å². The highest BCUT2D eigenvalue weighted by molar-refractivity contribution is 6.19. The van der Waals surface area contributed by atoms with Crippen LogP contribution in [-0.4, -0.2) is 30.9 Å². The van der Waals surface area contributed by atoms with Gasteiger partial charge >= 0.3 is 0 Å². The molecule has 5 nitrogen and oxygen atoms in total. The second kappa shape index (κ2) is 8.27. The summed E-state index contributed by atoms with van der Waals surface area (Å²) in [5, 5.41) is 3.93. The first kappa shape index (κ1) is 19.0. The van der Waals surface area contributed by atoms with Crippen LogP contribution in [0.5, 0.6) is 5.75 Å². The SMILES string of the molecule is COc1ccc(N(C)c2cc(C)nc3ccccc23)cc1NC(=O)CCCl. The highest BCUT2D eigenvalue weighted by Gasteiger charge is 2.14. The fourth-order valence-corrected chi connectivity index (χ4v) is 3.17. The minimum Gasteiger partial charge on any atom is -0.495 e. The van der Waals surface area contributed by atoms with Gasteiger partial charge in [0, 0.05) is 36.1 Å². The third kappa shape index (κ3) is 4.14. The van der Waals surface area contributed by atoms with Gasteiger partial charge in [0.05, 0.1) is 24.0 Å². The molecule has 6 heteroatoms. The number of carbonyl (C=O) groups is 1. The van der Waals surface area contributed by atoms with E-state index in [-0.39, 0.29) is 18.2 Å². The minimum atomic E-state index is -0.145. The number of nitrogens with zero attached hydrogens (tertiary/aromatic N) is 2. The maximum Gasteiger partial charge on any atom is 0.225 e. The van der Waals surface area contributed by atoms with Crippen LogP contribution in [-0.2, 0) is 4.79 Å². The van der Waals surface area contributed by atoms with Crippen LogP contribution in [0.25, 0.3) is 10.9 Å². The fraction of sp³-hybridized carbons (Fsp3) is 0.238. The molecule has 0 radical (unpaired) electrons. The predicted octanol–water partition coefficient (Wildman–Crippen LogP) is 4.89. The summed E-state index contributed by atoms with van der Waals surface area (Å²) in [5.41, 5.74) is 4.48. The van der Waals surface area contributed by atoms with Crippen molar-refractivity contribution in [2.45, 2.75) is 13.3 Å². The first-order chi connectivity index (χ1) is 13.0. The predicted molar refractivity (Wildman–Crippen MR) is 112 cm³/mol. The third-order valence-electron chi connectivity index (χ3n) is 4.35. The Morgan fingerprint density at radius 2 is 2.00 bits per heavy atom. The molecule has 3 aromatic rings. The Morgan fingerprint density at radius 3 is 2.74 bits per heavy atom. The van der Waals surface area contributed by atoms with Crippen molar-refractivity contribution < 1.29 is 9.53 Å². The standard InChI is InChI=1S/C21H22ClN3O2/c1-14-12-19(16-6-4-5-7-17(16)23-14)25(2)15-8-9-20(27-3)18(13-15)24-21(26)10-11-22/h4-9,12-13H,10-11H2,1-3H3,(H,24,26). The second-order valence-corrected chi connectivity index (χ2v) is 6.61. The molecule has 1 heterocycles. The summed E-state index contributed by atoms with van der Waals surface area (Å²) < 4.78 is 5.38. The van der Waals surface area contributed by atoms with E-state index in [9.17, 15) is 4.79 Å². The first-order valence-electron chi connectivity index (χ1n) is 8.67. The molecule has 1 N–H and O–H groups in total. The van der Waals surface area contributed by atoms with E-state index in [0.29, 0.717) is 11.4 Å². The lowest BCUT2D eigenvalue weighted by atomic mass is 10.1. The Labute approximate surface area is 163 Å². The molecule has 1 amide bonds. The second-order valence-electron chi connectivity index (χ2n) is 6.23. The summed E-state index contributed by atoms with van der Waals surface area (Å²) >= 11 is 5.66. The Morgan fingerprint density at radius 1 is 1.22 bits per heavy atom. The lowest BCUT2D eigenvalue weighted by molar-refractivity contribution is -0.115. The molecule has 3 rings (SSSR count). The fourth-order valence-electron chi connectivity index (χ4n) is 3.00. The molecule has 0 fully saturated rings. The molecule has 1 aromatic heterocycles. The van der Waals surface area contributed by atoms with Crippen molar-refractivity contribution in [2.24, 2.45) is 0 Å². The maximum absolute atomic E-state index is 12.0. The van der Waals surface area contributed by atoms with Gasteiger partial charge in [0.15, 0.2) is 0 Å². The number of aromatic nitrogens is 1. The number of ether oxygens (including phenoxy) is 1. The van der Waals surface area contributed by atoms with E-state index in [0.717, 1.165) is 28.0 Å². The quantitative estimate of drug-likeness (QED) is 0.616. The van der Waals surface area contributed by atoms with Crippen LogP contribution in [0.3, 0.4) is 0 Å². The van der Waals surface area contributed by atoms with E-state index in [4.69, 9.17) is 16.3 Å². The summed E-state index contributed by atoms with van der Waals surface area (Å²) in [4.78, 5) is 18.7. The number of hydrogen-bond acceptors (Lipinski definition) is 4. The zero-order chi connectivity index (χ0) is 19.4. The van der Waals surface area contributed by atoms with Crippen molar-refractivity contribution in [3.05, 3.63) is 54.2 Å². The van der Waals surface area contributed by atoms with Crippen LogP contribution in [0.2, 0.25) is 0 Å². The van der Waals surface area contributed by atoms with Gasteiger partial charge in [-0.1, -0.05) is 18.2 Å². The van der Waals surface area contributed by atoms with Crippen LogP contribution in [0.4, 0.5) is 17.1 Å². The number of alkyl halides is 1. The zero-order valence-corrected chi connectivity index (χ0v) is 16.4. The average Bonchev–Trinajstić information content (AvgIpc) is 2.66. The van der Waals surface area contributed by atoms with Crippen molar-refractivity contribution in [1.82, 2.24) is 4.98 Å². The Kier molecular flexibility index (Phi) is 5.81. The number of aryl methyl sites for hydroxylation is 1. The number of methoxy groups -OCH3 is 1. The van der Waals surface area contributed by atoms with E-state index in [1.807, 2.05) is 50.4 Å². The highest BCUT2D eigenvalue weighted by atomic mass is 35.5. The Balaban J connectivity index is 2.02. The number of halogens is 1. The zero-order valence-electron chi connectivity index (χ0n) is 15.6. The van der Waals surface area contributed by atoms with Crippen molar-refractivity contribution in [3.63, 3.8) is 0 Å². The first-order valence-corrected chi connectivity index (χ1v) is 9.21. The molecule has 2 aromatic carbocycles. The number of nitrogens with one attached hydrogen (secondary N) is 1. The summed E-state index contributed by atoms with van der Waals surface area (Å²) in [6, 6.07) is 15.8. The Hall–Kier alpha value is -2.79. The number of pyridine rings is 1. The number of carbonyl (C=O) groups excluding carboxylic acids is 1. The third-order valence-corrected chi connectivity index (χ3v) is 4.54. The largest absolute Gasteiger partial charge is 0.495 e. The van der Waals surface area contributed by atoms with Gasteiger partial charge in [0.25, 0.3) is 0 Å². The summed E-state index contributed by atoms with van der Waals surface area (Å²) in [5.74, 6) is 0.731. The van der Waals surface area contributed by atoms with Crippen LogP contribution in [0.15, 0.2) is 48.5 Å². The monoisotopic (exact) mass is 383 g/mol. The lowest BCUT2D eigenvalue weighted by Gasteiger charge is -2.23. The molecule has 0 bridgehead atoms. The number of benzene rings is 2. The Bertz CT molecular complexity index is 975. The summed E-state index contributed by atoms with van der Waals surface area (Å²) in [7, 11) is 3.57. The van der Waals surface area contributed by atoms with Gasteiger partial charge in [-0.2, -0.15) is 0 Å². The van der Waals surface area contributed by atoms with Crippen molar-refractivity contribution in [3.8, 4) is 5.75 Å². The van der Waals surface area contributed by atoms with E-state index in [2.05, 4.69) is 27.3 Å². The number of hydrogen-bond donors (Lipinski definition) is 1. The molecule has 0 unspecified atom stereocenters. The smallest absolute Gasteiger partial charge is 0.225 e. The number of fused-ring (bicyclic) bond motifs is 1. The van der Waals surface area contributed by atoms with Gasteiger partial charge in [-0.15, -0.1) is 11.6 Å². The molecule has 0 spiro atoms. The van der Waals surface area contributed by atoms with Gasteiger partial charge in [-0.05, 0) is 37.3 Å². The van der Waals surface area contributed by atoms with Crippen molar-refractivity contribution >= 4 is 45.5 Å². The topological polar surface area (TPSA) is 54.5 Å². The lowest BCUT2D eigenvalue weighted by Crippen LogP contribution is -2.14. The van der Waals surface area contributed by atoms with E-state index < -0.39 is 0 Å². The highest BCUT2D eigenvalue weighted by Crippen LogP contribution is 2.35. The van der Waals surface area contributed by atoms with Crippen molar-refractivity contribution in [1.29, 1.82) is 0 Å². The van der Waals surface area contributed by atoms with Gasteiger partial charge in [0.1, 0.15) is 5.75 Å². The van der Waals surface area contributed by atoms with Gasteiger partial charge in [0.2, 0.25) is 5.91 Å². The molecule has 0 aliphatic heterocycles. The van der Waals surface area contributed by atoms with Crippen LogP contribution in [0, 0.1) is 6.92 Å². The van der Waals surface area contributed by atoms with Gasteiger partial charge in [-0.25, -0.2) is 0 Å². The van der Waals surface area contributed by atoms with Gasteiger partial charge in [-0.3, -0.25) is 9.78 Å². The average molecular weight is 384 g/mol. The van der Waals surface area contributed by atoms with Crippen LogP contribution in [0.1, 0.15) is 12.1 Å². The minimum absolute atomic E-state index is 0.145. The van der Waals surface area contributed by atoms with Crippen molar-refractivity contribution in [2.75, 3.05) is 30.3 Å². The molecule has 0 saturated carbocycles. The van der Waals surface area contributed by atoms with E-state index >= 15 is 0 Å². The maximum atomic E-state index is 12.0. The number of anilines is 3. The van der Waals surface area contributed by atoms with E-state index in [1.165, 1.54) is 0 Å². The normalized spacial score (nSPS) is 10.7. The molecule has 27 heavy (non-hydrogen) atoms. The number of para-hydroxylation sites is 1. The summed E-state index contributed by atoms with van der Waals surface area (Å²) in [6.45, 7) is 1.98. The molecule has 0 aliphatic rings.